The van der Waals surface area contributed by atoms with Crippen LogP contribution in [0.1, 0.15) is 27.9 Å². The second-order valence-corrected chi connectivity index (χ2v) is 12.7. The molecule has 1 amide bonds. The van der Waals surface area contributed by atoms with Gasteiger partial charge in [0.15, 0.2) is 34.7 Å². The maximum absolute atomic E-state index is 14.1. The summed E-state index contributed by atoms with van der Waals surface area (Å²) in [4.78, 5) is 71.1. The number of phenolic OH excluding ortho intramolecular Hbond substituents is 1. The number of amides is 1. The predicted molar refractivity (Wildman–Crippen MR) is 159 cm³/mol. The summed E-state index contributed by atoms with van der Waals surface area (Å²) in [5.74, 6) is -10.2. The first-order valence-electron chi connectivity index (χ1n) is 15.1. The molecule has 0 bridgehead atoms. The number of aromatic hydroxyl groups is 1. The monoisotopic (exact) mass is 619 g/mol. The molecule has 0 radical (unpaired) electrons. The standard InChI is InChI=1S/C33H37N3O9/c1-35(2)27-21-14-17-13-20-18(19-12-16(4-7-23(19)44-3)15-36-8-10-45-11-9-36)5-6-22(37)25(20)28(38)24(17)30(40)33(21,43)31(41)26(29(27)39)32(34)42/h4-7,12,17,21,24,26-27,37,43H,8-11,13-15H2,1-3H3,(H2,34,42)/t17-,21-,24?,26?,27-,33-/m0/s1. The third kappa shape index (κ3) is 4.78. The lowest BCUT2D eigenvalue weighted by Crippen LogP contribution is -2.74. The lowest BCUT2D eigenvalue weighted by Gasteiger charge is -2.52. The number of carbonyl (C=O) groups is 5. The number of benzene rings is 2. The van der Waals surface area contributed by atoms with Crippen LogP contribution in [0.2, 0.25) is 0 Å². The molecule has 2 saturated carbocycles. The van der Waals surface area contributed by atoms with E-state index in [2.05, 4.69) is 4.90 Å². The Balaban J connectivity index is 1.44. The van der Waals surface area contributed by atoms with Crippen LogP contribution in [-0.4, -0.2) is 108 Å². The summed E-state index contributed by atoms with van der Waals surface area (Å²) in [6.45, 7) is 3.59. The van der Waals surface area contributed by atoms with E-state index < -0.39 is 64.4 Å². The highest BCUT2D eigenvalue weighted by atomic mass is 16.5. The Morgan fingerprint density at radius 3 is 2.44 bits per heavy atom. The zero-order chi connectivity index (χ0) is 32.4. The van der Waals surface area contributed by atoms with Crippen molar-refractivity contribution in [2.75, 3.05) is 47.5 Å². The minimum Gasteiger partial charge on any atom is -0.507 e. The van der Waals surface area contributed by atoms with Crippen molar-refractivity contribution in [2.24, 2.45) is 29.4 Å². The molecule has 238 valence electrons. The molecular formula is C33H37N3O9. The van der Waals surface area contributed by atoms with Crippen molar-refractivity contribution < 1.29 is 43.7 Å². The number of carbonyl (C=O) groups excluding carboxylic acids is 5. The van der Waals surface area contributed by atoms with E-state index in [-0.39, 0.29) is 24.2 Å². The molecule has 12 heteroatoms. The Kier molecular flexibility index (Phi) is 7.88. The maximum Gasteiger partial charge on any atom is 0.235 e. The number of phenols is 1. The molecule has 4 N–H and O–H groups in total. The molecule has 2 aromatic rings. The van der Waals surface area contributed by atoms with Gasteiger partial charge >= 0.3 is 0 Å². The number of hydrogen-bond donors (Lipinski definition) is 3. The molecule has 2 unspecified atom stereocenters. The Bertz CT molecular complexity index is 1610. The van der Waals surface area contributed by atoms with E-state index >= 15 is 0 Å². The summed E-state index contributed by atoms with van der Waals surface area (Å²) in [5, 5.41) is 22.8. The molecule has 0 spiro atoms. The Morgan fingerprint density at radius 1 is 1.09 bits per heavy atom. The molecule has 45 heavy (non-hydrogen) atoms. The molecule has 6 rings (SSSR count). The number of aliphatic hydroxyl groups is 1. The van der Waals surface area contributed by atoms with E-state index in [9.17, 15) is 34.2 Å². The van der Waals surface area contributed by atoms with Gasteiger partial charge in [-0.25, -0.2) is 0 Å². The van der Waals surface area contributed by atoms with Gasteiger partial charge in [-0.2, -0.15) is 0 Å². The molecule has 3 fully saturated rings. The average molecular weight is 620 g/mol. The summed E-state index contributed by atoms with van der Waals surface area (Å²) < 4.78 is 11.2. The van der Waals surface area contributed by atoms with Gasteiger partial charge in [0.2, 0.25) is 5.91 Å². The van der Waals surface area contributed by atoms with Crippen molar-refractivity contribution in [2.45, 2.75) is 31.0 Å². The van der Waals surface area contributed by atoms with Gasteiger partial charge in [0.25, 0.3) is 0 Å². The van der Waals surface area contributed by atoms with E-state index in [1.54, 1.807) is 27.3 Å². The minimum atomic E-state index is -2.76. The molecule has 6 atom stereocenters. The van der Waals surface area contributed by atoms with Crippen molar-refractivity contribution in [3.8, 4) is 22.6 Å². The van der Waals surface area contributed by atoms with Crippen molar-refractivity contribution in [1.29, 1.82) is 0 Å². The predicted octanol–water partition coefficient (Wildman–Crippen LogP) is 0.375. The summed E-state index contributed by atoms with van der Waals surface area (Å²) in [5.41, 5.74) is 5.48. The number of morpholine rings is 1. The highest BCUT2D eigenvalue weighted by Crippen LogP contribution is 2.52. The number of hydrogen-bond acceptors (Lipinski definition) is 11. The van der Waals surface area contributed by atoms with E-state index in [0.29, 0.717) is 42.2 Å². The van der Waals surface area contributed by atoms with Crippen LogP contribution in [0.3, 0.4) is 0 Å². The smallest absolute Gasteiger partial charge is 0.235 e. The fourth-order valence-electron chi connectivity index (χ4n) is 7.94. The third-order valence-corrected chi connectivity index (χ3v) is 10.0. The fourth-order valence-corrected chi connectivity index (χ4v) is 7.94. The second-order valence-electron chi connectivity index (χ2n) is 12.7. The van der Waals surface area contributed by atoms with Gasteiger partial charge in [-0.15, -0.1) is 0 Å². The molecule has 0 aromatic heterocycles. The van der Waals surface area contributed by atoms with Crippen molar-refractivity contribution >= 4 is 29.0 Å². The zero-order valence-electron chi connectivity index (χ0n) is 25.4. The first-order chi connectivity index (χ1) is 21.4. The molecule has 1 saturated heterocycles. The molecule has 2 aromatic carbocycles. The normalized spacial score (nSPS) is 30.1. The number of ether oxygens (including phenoxy) is 2. The van der Waals surface area contributed by atoms with Crippen LogP contribution in [0.5, 0.6) is 11.5 Å². The number of ketones is 4. The largest absolute Gasteiger partial charge is 0.507 e. The third-order valence-electron chi connectivity index (χ3n) is 10.0. The number of fused-ring (bicyclic) bond motifs is 3. The number of primary amides is 1. The number of nitrogens with two attached hydrogens (primary N) is 1. The van der Waals surface area contributed by atoms with Crippen molar-refractivity contribution in [3.63, 3.8) is 0 Å². The van der Waals surface area contributed by atoms with Gasteiger partial charge in [0.05, 0.1) is 37.8 Å². The molecule has 3 aliphatic carbocycles. The van der Waals surface area contributed by atoms with Crippen LogP contribution in [0.15, 0.2) is 30.3 Å². The molecule has 1 aliphatic heterocycles. The number of rotatable bonds is 6. The van der Waals surface area contributed by atoms with Crippen LogP contribution in [0.4, 0.5) is 0 Å². The lowest BCUT2D eigenvalue weighted by molar-refractivity contribution is -0.181. The maximum atomic E-state index is 14.1. The lowest BCUT2D eigenvalue weighted by atomic mass is 9.52. The minimum absolute atomic E-state index is 0.0206. The SMILES string of the molecule is COc1ccc(CN2CCOCC2)cc1-c1ccc(O)c2c1C[C@H]1C[C@H]3[C@H](N(C)C)C(=O)C(C(N)=O)C(=O)[C@@]3(O)C(=O)C1C2=O. The quantitative estimate of drug-likeness (QED) is 0.381. The van der Waals surface area contributed by atoms with Crippen LogP contribution in [-0.2, 0) is 36.9 Å². The number of Topliss-reactive ketones (excluding diaryl/α,β-unsaturated/α-hetero) is 4. The summed E-state index contributed by atoms with van der Waals surface area (Å²) >= 11 is 0. The highest BCUT2D eigenvalue weighted by molar-refractivity contribution is 6.32. The molecule has 12 nitrogen and oxygen atoms in total. The van der Waals surface area contributed by atoms with Crippen molar-refractivity contribution in [3.05, 3.63) is 47.0 Å². The van der Waals surface area contributed by atoms with Gasteiger partial charge in [-0.1, -0.05) is 12.1 Å². The first kappa shape index (κ1) is 31.0. The molecule has 4 aliphatic rings. The zero-order valence-corrected chi connectivity index (χ0v) is 25.4. The Morgan fingerprint density at radius 2 is 1.80 bits per heavy atom. The summed E-state index contributed by atoms with van der Waals surface area (Å²) in [6.07, 6.45) is 0.139. The van der Waals surface area contributed by atoms with Gasteiger partial charge < -0.3 is 25.4 Å². The fraction of sp³-hybridized carbons (Fsp3) is 0.485. The van der Waals surface area contributed by atoms with Crippen LogP contribution in [0.25, 0.3) is 11.1 Å². The van der Waals surface area contributed by atoms with E-state index in [1.165, 1.54) is 11.0 Å². The van der Waals surface area contributed by atoms with E-state index in [0.717, 1.165) is 18.7 Å². The Labute approximate surface area is 260 Å². The second kappa shape index (κ2) is 11.4. The van der Waals surface area contributed by atoms with Crippen LogP contribution < -0.4 is 10.5 Å². The topological polar surface area (TPSA) is 177 Å². The van der Waals surface area contributed by atoms with E-state index in [1.807, 2.05) is 18.2 Å². The van der Waals surface area contributed by atoms with Gasteiger partial charge in [-0.3, -0.25) is 33.8 Å². The first-order valence-corrected chi connectivity index (χ1v) is 15.1. The molecule has 1 heterocycles. The van der Waals surface area contributed by atoms with Crippen LogP contribution >= 0.6 is 0 Å². The molecular weight excluding hydrogens is 582 g/mol. The number of methoxy groups -OCH3 is 1. The van der Waals surface area contributed by atoms with Crippen LogP contribution in [0, 0.1) is 23.7 Å². The van der Waals surface area contributed by atoms with Gasteiger partial charge in [0.1, 0.15) is 11.5 Å². The summed E-state index contributed by atoms with van der Waals surface area (Å²) in [7, 11) is 4.66. The van der Waals surface area contributed by atoms with Gasteiger partial charge in [-0.05, 0) is 67.7 Å². The number of likely N-dealkylation sites (N-methyl/N-ethyl adjacent to an activating group) is 1. The number of nitrogens with zero attached hydrogens (tertiary/aromatic N) is 2. The van der Waals surface area contributed by atoms with Gasteiger partial charge in [0, 0.05) is 31.1 Å². The highest BCUT2D eigenvalue weighted by Gasteiger charge is 2.69. The summed E-state index contributed by atoms with van der Waals surface area (Å²) in [6, 6.07) is 7.77. The van der Waals surface area contributed by atoms with E-state index in [4.69, 9.17) is 15.2 Å². The Hall–Kier alpha value is -3.97. The average Bonchev–Trinajstić information content (AvgIpc) is 2.99. The van der Waals surface area contributed by atoms with Crippen molar-refractivity contribution in [1.82, 2.24) is 9.80 Å².